The Labute approximate surface area is 134 Å². The topological polar surface area (TPSA) is 41.5 Å². The third-order valence-corrected chi connectivity index (χ3v) is 3.59. The number of amides is 1. The van der Waals surface area contributed by atoms with Crippen molar-refractivity contribution in [2.24, 2.45) is 4.99 Å². The first-order valence-electron chi connectivity index (χ1n) is 6.67. The van der Waals surface area contributed by atoms with Gasteiger partial charge in [-0.15, -0.1) is 0 Å². The van der Waals surface area contributed by atoms with Crippen LogP contribution in [0.2, 0.25) is 5.02 Å². The van der Waals surface area contributed by atoms with Crippen LogP contribution in [-0.4, -0.2) is 23.8 Å². The van der Waals surface area contributed by atoms with Crippen LogP contribution in [0.3, 0.4) is 0 Å². The van der Waals surface area contributed by atoms with Crippen LogP contribution in [0.4, 0.5) is 18.9 Å². The van der Waals surface area contributed by atoms with Crippen molar-refractivity contribution in [2.45, 2.75) is 12.2 Å². The van der Waals surface area contributed by atoms with Gasteiger partial charge in [0.25, 0.3) is 5.91 Å². The maximum atomic E-state index is 13.2. The van der Waals surface area contributed by atoms with E-state index in [1.807, 2.05) is 0 Å². The smallest absolute Gasteiger partial charge is 0.323 e. The standard InChI is InChI=1S/C16H10ClF3N2O/c17-10-6-7-12-11(8-10)13(9-4-2-1-3-5-9)22-14(15(23)21-12)16(18,19)20/h1-8,14H,(H,21,23). The minimum atomic E-state index is -4.78. The van der Waals surface area contributed by atoms with Gasteiger partial charge >= 0.3 is 6.18 Å². The molecule has 2 aromatic rings. The highest BCUT2D eigenvalue weighted by Gasteiger charge is 2.46. The fourth-order valence-electron chi connectivity index (χ4n) is 2.33. The number of nitrogens with one attached hydrogen (secondary N) is 1. The van der Waals surface area contributed by atoms with Gasteiger partial charge in [0.15, 0.2) is 0 Å². The SMILES string of the molecule is O=C1Nc2ccc(Cl)cc2C(c2ccccc2)=NC1C(F)(F)F. The molecule has 1 aliphatic rings. The highest BCUT2D eigenvalue weighted by molar-refractivity contribution is 6.32. The van der Waals surface area contributed by atoms with Crippen molar-refractivity contribution in [1.29, 1.82) is 0 Å². The molecule has 118 valence electrons. The summed E-state index contributed by atoms with van der Waals surface area (Å²) in [6.07, 6.45) is -4.78. The quantitative estimate of drug-likeness (QED) is 0.837. The number of benzodiazepines with no additional fused rings is 1. The molecule has 1 amide bonds. The van der Waals surface area contributed by atoms with E-state index in [1.165, 1.54) is 18.2 Å². The summed E-state index contributed by atoms with van der Waals surface area (Å²) in [5.74, 6) is -1.22. The first-order valence-corrected chi connectivity index (χ1v) is 7.05. The van der Waals surface area contributed by atoms with Gasteiger partial charge in [-0.3, -0.25) is 9.79 Å². The Morgan fingerprint density at radius 2 is 1.78 bits per heavy atom. The van der Waals surface area contributed by atoms with Crippen LogP contribution in [0.1, 0.15) is 11.1 Å². The van der Waals surface area contributed by atoms with E-state index < -0.39 is 18.1 Å². The molecular weight excluding hydrogens is 329 g/mol. The highest BCUT2D eigenvalue weighted by Crippen LogP contribution is 2.32. The summed E-state index contributed by atoms with van der Waals surface area (Å²) >= 11 is 5.96. The minimum absolute atomic E-state index is 0.0729. The van der Waals surface area contributed by atoms with Crippen LogP contribution in [0.5, 0.6) is 0 Å². The van der Waals surface area contributed by atoms with Crippen molar-refractivity contribution in [3.8, 4) is 0 Å². The number of aliphatic imine (C=N–C) groups is 1. The second-order valence-corrected chi connectivity index (χ2v) is 5.40. The number of hydrogen-bond donors (Lipinski definition) is 1. The lowest BCUT2D eigenvalue weighted by molar-refractivity contribution is -0.158. The largest absolute Gasteiger partial charge is 0.419 e. The Balaban J connectivity index is 2.25. The van der Waals surface area contributed by atoms with Gasteiger partial charge in [-0.25, -0.2) is 0 Å². The summed E-state index contributed by atoms with van der Waals surface area (Å²) in [6.45, 7) is 0. The molecule has 1 heterocycles. The van der Waals surface area contributed by atoms with Crippen molar-refractivity contribution in [3.63, 3.8) is 0 Å². The highest BCUT2D eigenvalue weighted by atomic mass is 35.5. The van der Waals surface area contributed by atoms with E-state index in [2.05, 4.69) is 10.3 Å². The Bertz CT molecular complexity index is 788. The van der Waals surface area contributed by atoms with Gasteiger partial charge in [0, 0.05) is 16.1 Å². The summed E-state index contributed by atoms with van der Waals surface area (Å²) in [4.78, 5) is 15.6. The molecule has 0 bridgehead atoms. The summed E-state index contributed by atoms with van der Waals surface area (Å²) in [5.41, 5.74) is 1.14. The molecule has 1 unspecified atom stereocenters. The molecule has 0 spiro atoms. The number of fused-ring (bicyclic) bond motifs is 1. The van der Waals surface area contributed by atoms with Crippen LogP contribution >= 0.6 is 11.6 Å². The molecule has 3 nitrogen and oxygen atoms in total. The van der Waals surface area contributed by atoms with Gasteiger partial charge in [-0.1, -0.05) is 41.9 Å². The van der Waals surface area contributed by atoms with Crippen molar-refractivity contribution in [3.05, 3.63) is 64.7 Å². The zero-order chi connectivity index (χ0) is 16.6. The van der Waals surface area contributed by atoms with Gasteiger partial charge in [-0.2, -0.15) is 13.2 Å². The van der Waals surface area contributed by atoms with E-state index in [9.17, 15) is 18.0 Å². The maximum absolute atomic E-state index is 13.2. The summed E-state index contributed by atoms with van der Waals surface area (Å²) < 4.78 is 39.5. The van der Waals surface area contributed by atoms with E-state index in [4.69, 9.17) is 11.6 Å². The van der Waals surface area contributed by atoms with E-state index >= 15 is 0 Å². The zero-order valence-corrected chi connectivity index (χ0v) is 12.3. The summed E-state index contributed by atoms with van der Waals surface area (Å²) in [7, 11) is 0. The Hall–Kier alpha value is -2.34. The Morgan fingerprint density at radius 1 is 1.09 bits per heavy atom. The molecule has 0 fully saturated rings. The fraction of sp³-hybridized carbons (Fsp3) is 0.125. The van der Waals surface area contributed by atoms with Gasteiger partial charge in [0.1, 0.15) is 0 Å². The molecule has 7 heteroatoms. The van der Waals surface area contributed by atoms with E-state index in [0.29, 0.717) is 16.1 Å². The molecular formula is C16H10ClF3N2O. The summed E-state index contributed by atoms with van der Waals surface area (Å²) in [6, 6.07) is 10.4. The molecule has 1 N–H and O–H groups in total. The molecule has 2 aromatic carbocycles. The second-order valence-electron chi connectivity index (χ2n) is 4.97. The van der Waals surface area contributed by atoms with Crippen LogP contribution in [0, 0.1) is 0 Å². The molecule has 1 aliphatic heterocycles. The normalized spacial score (nSPS) is 17.8. The average Bonchev–Trinajstić information content (AvgIpc) is 2.64. The number of hydrogen-bond acceptors (Lipinski definition) is 2. The Morgan fingerprint density at radius 3 is 2.43 bits per heavy atom. The number of carbonyl (C=O) groups is 1. The molecule has 23 heavy (non-hydrogen) atoms. The lowest BCUT2D eigenvalue weighted by Crippen LogP contribution is -2.38. The van der Waals surface area contributed by atoms with Crippen molar-refractivity contribution < 1.29 is 18.0 Å². The number of benzene rings is 2. The third-order valence-electron chi connectivity index (χ3n) is 3.36. The third kappa shape index (κ3) is 3.07. The number of carbonyl (C=O) groups excluding carboxylic acids is 1. The van der Waals surface area contributed by atoms with Crippen LogP contribution in [0.15, 0.2) is 53.5 Å². The van der Waals surface area contributed by atoms with Crippen LogP contribution < -0.4 is 5.32 Å². The van der Waals surface area contributed by atoms with Gasteiger partial charge in [0.2, 0.25) is 6.04 Å². The molecule has 0 saturated heterocycles. The summed E-state index contributed by atoms with van der Waals surface area (Å²) in [5, 5.41) is 2.61. The van der Waals surface area contributed by atoms with E-state index in [-0.39, 0.29) is 11.4 Å². The van der Waals surface area contributed by atoms with Gasteiger partial charge < -0.3 is 5.32 Å². The van der Waals surface area contributed by atoms with Gasteiger partial charge in [-0.05, 0) is 18.2 Å². The number of anilines is 1. The second kappa shape index (κ2) is 5.70. The number of nitrogens with zero attached hydrogens (tertiary/aromatic N) is 1. The van der Waals surface area contributed by atoms with E-state index in [0.717, 1.165) is 0 Å². The van der Waals surface area contributed by atoms with Gasteiger partial charge in [0.05, 0.1) is 11.4 Å². The zero-order valence-electron chi connectivity index (χ0n) is 11.6. The maximum Gasteiger partial charge on any atom is 0.419 e. The Kier molecular flexibility index (Phi) is 3.85. The average molecular weight is 339 g/mol. The van der Waals surface area contributed by atoms with Crippen molar-refractivity contribution in [1.82, 2.24) is 0 Å². The lowest BCUT2D eigenvalue weighted by Gasteiger charge is -2.14. The van der Waals surface area contributed by atoms with Crippen molar-refractivity contribution >= 4 is 28.9 Å². The lowest BCUT2D eigenvalue weighted by atomic mass is 10.0. The molecule has 0 saturated carbocycles. The number of halogens is 4. The molecule has 0 radical (unpaired) electrons. The van der Waals surface area contributed by atoms with Crippen molar-refractivity contribution in [2.75, 3.05) is 5.32 Å². The first kappa shape index (κ1) is 15.6. The molecule has 0 aromatic heterocycles. The minimum Gasteiger partial charge on any atom is -0.323 e. The molecule has 1 atom stereocenters. The van der Waals surface area contributed by atoms with Crippen LogP contribution in [-0.2, 0) is 4.79 Å². The predicted molar refractivity (Wildman–Crippen MR) is 82.0 cm³/mol. The van der Waals surface area contributed by atoms with E-state index in [1.54, 1.807) is 30.3 Å². The number of alkyl halides is 3. The molecule has 3 rings (SSSR count). The first-order chi connectivity index (χ1) is 10.9. The van der Waals surface area contributed by atoms with Crippen LogP contribution in [0.25, 0.3) is 0 Å². The molecule has 0 aliphatic carbocycles. The fourth-order valence-corrected chi connectivity index (χ4v) is 2.50. The monoisotopic (exact) mass is 338 g/mol. The predicted octanol–water partition coefficient (Wildman–Crippen LogP) is 4.06. The number of rotatable bonds is 1.